The van der Waals surface area contributed by atoms with Gasteiger partial charge in [-0.05, 0) is 20.8 Å². The van der Waals surface area contributed by atoms with E-state index >= 15 is 0 Å². The number of aromatic nitrogens is 2. The summed E-state index contributed by atoms with van der Waals surface area (Å²) in [4.78, 5) is 31.1. The number of amides is 1. The molecule has 146 valence electrons. The molecular formula is C18H23N3O4S2. The van der Waals surface area contributed by atoms with Crippen molar-refractivity contribution in [1.29, 1.82) is 0 Å². The van der Waals surface area contributed by atoms with Gasteiger partial charge in [0.25, 0.3) is 0 Å². The summed E-state index contributed by atoms with van der Waals surface area (Å²) in [6.45, 7) is 8.40. The number of thioether (sulfide) groups is 2. The average molecular weight is 410 g/mol. The molecule has 0 aromatic carbocycles. The van der Waals surface area contributed by atoms with E-state index in [9.17, 15) is 19.8 Å². The zero-order valence-electron chi connectivity index (χ0n) is 15.7. The van der Waals surface area contributed by atoms with Crippen molar-refractivity contribution in [2.45, 2.75) is 56.8 Å². The molecule has 1 unspecified atom stereocenters. The Hall–Kier alpha value is -1.45. The van der Waals surface area contributed by atoms with E-state index in [1.807, 2.05) is 13.8 Å². The monoisotopic (exact) mass is 409 g/mol. The first kappa shape index (κ1) is 18.9. The quantitative estimate of drug-likeness (QED) is 0.733. The van der Waals surface area contributed by atoms with Gasteiger partial charge in [-0.1, -0.05) is 18.7 Å². The highest BCUT2D eigenvalue weighted by molar-refractivity contribution is 8.05. The number of carbonyl (C=O) groups is 2. The van der Waals surface area contributed by atoms with Gasteiger partial charge in [-0.15, -0.1) is 11.8 Å². The number of aryl methyl sites for hydroxylation is 1. The Balaban J connectivity index is 1.61. The van der Waals surface area contributed by atoms with Crippen molar-refractivity contribution < 1.29 is 19.8 Å². The maximum absolute atomic E-state index is 12.4. The number of rotatable bonds is 4. The molecule has 0 bridgehead atoms. The van der Waals surface area contributed by atoms with Gasteiger partial charge in [0.05, 0.1) is 23.8 Å². The Morgan fingerprint density at radius 1 is 1.41 bits per heavy atom. The van der Waals surface area contributed by atoms with Crippen LogP contribution in [0.25, 0.3) is 0 Å². The minimum absolute atomic E-state index is 0.0876. The van der Waals surface area contributed by atoms with Gasteiger partial charge in [-0.25, -0.2) is 9.78 Å². The van der Waals surface area contributed by atoms with Crippen LogP contribution in [0.4, 0.5) is 0 Å². The van der Waals surface area contributed by atoms with E-state index in [4.69, 9.17) is 0 Å². The van der Waals surface area contributed by atoms with Crippen LogP contribution in [0.2, 0.25) is 0 Å². The Labute approximate surface area is 166 Å². The van der Waals surface area contributed by atoms with Crippen molar-refractivity contribution in [3.8, 4) is 0 Å². The van der Waals surface area contributed by atoms with Crippen molar-refractivity contribution in [2.75, 3.05) is 5.75 Å². The summed E-state index contributed by atoms with van der Waals surface area (Å²) in [5.74, 6) is -1.10. The van der Waals surface area contributed by atoms with E-state index in [1.165, 1.54) is 4.90 Å². The maximum atomic E-state index is 12.4. The molecule has 3 aliphatic rings. The standard InChI is InChI=1S/C18H23N3O4S2/c1-7-13-12(10(4)22)16(23)21(13)14(17(24)25)15(7)27-11-5-20-9(3)8(2)19-18(20)26-6-11/h7,10-13,22H,5-6H2,1-4H3,(H,24,25)/t7-,10-,11?,12-,13-/m1/s1. The summed E-state index contributed by atoms with van der Waals surface area (Å²) >= 11 is 3.26. The zero-order chi connectivity index (χ0) is 19.6. The molecule has 7 nitrogen and oxygen atoms in total. The number of aliphatic carboxylic acids is 1. The second kappa shape index (κ2) is 6.56. The first-order chi connectivity index (χ1) is 12.7. The molecule has 0 spiro atoms. The topological polar surface area (TPSA) is 95.7 Å². The van der Waals surface area contributed by atoms with Crippen LogP contribution in [-0.4, -0.2) is 59.7 Å². The molecule has 27 heavy (non-hydrogen) atoms. The van der Waals surface area contributed by atoms with Gasteiger partial charge in [0.1, 0.15) is 5.70 Å². The summed E-state index contributed by atoms with van der Waals surface area (Å²) in [6, 6.07) is -0.255. The van der Waals surface area contributed by atoms with Crippen molar-refractivity contribution in [1.82, 2.24) is 14.5 Å². The average Bonchev–Trinajstić information content (AvgIpc) is 3.01. The van der Waals surface area contributed by atoms with Crippen molar-refractivity contribution in [3.05, 3.63) is 22.0 Å². The molecule has 1 aromatic rings. The normalized spacial score (nSPS) is 30.9. The number of nitrogens with zero attached hydrogens (tertiary/aromatic N) is 3. The van der Waals surface area contributed by atoms with Gasteiger partial charge in [0.2, 0.25) is 5.91 Å². The van der Waals surface area contributed by atoms with E-state index < -0.39 is 18.0 Å². The number of carboxylic acids is 1. The van der Waals surface area contributed by atoms with E-state index in [1.54, 1.807) is 30.4 Å². The third kappa shape index (κ3) is 2.74. The Bertz CT molecular complexity index is 863. The molecule has 4 rings (SSSR count). The van der Waals surface area contributed by atoms with Gasteiger partial charge >= 0.3 is 5.97 Å². The molecule has 9 heteroatoms. The lowest BCUT2D eigenvalue weighted by molar-refractivity contribution is -0.163. The molecular weight excluding hydrogens is 386 g/mol. The van der Waals surface area contributed by atoms with Gasteiger partial charge in [0.15, 0.2) is 5.16 Å². The van der Waals surface area contributed by atoms with Gasteiger partial charge in [0, 0.05) is 34.1 Å². The van der Waals surface area contributed by atoms with Crippen LogP contribution >= 0.6 is 23.5 Å². The zero-order valence-corrected chi connectivity index (χ0v) is 17.3. The Morgan fingerprint density at radius 3 is 2.74 bits per heavy atom. The van der Waals surface area contributed by atoms with Crippen molar-refractivity contribution >= 4 is 35.4 Å². The molecule has 1 aromatic heterocycles. The summed E-state index contributed by atoms with van der Waals surface area (Å²) in [5.41, 5.74) is 2.27. The van der Waals surface area contributed by atoms with Crippen LogP contribution in [0.1, 0.15) is 25.2 Å². The number of aliphatic hydroxyl groups is 1. The smallest absolute Gasteiger partial charge is 0.353 e. The van der Waals surface area contributed by atoms with Crippen molar-refractivity contribution in [2.24, 2.45) is 11.8 Å². The first-order valence-electron chi connectivity index (χ1n) is 9.04. The van der Waals surface area contributed by atoms with Gasteiger partial charge < -0.3 is 19.7 Å². The fraction of sp³-hybridized carbons (Fsp3) is 0.611. The molecule has 1 fully saturated rings. The second-order valence-electron chi connectivity index (χ2n) is 7.50. The van der Waals surface area contributed by atoms with Crippen LogP contribution in [-0.2, 0) is 16.1 Å². The van der Waals surface area contributed by atoms with Crippen LogP contribution in [0.3, 0.4) is 0 Å². The molecule has 1 amide bonds. The predicted molar refractivity (Wildman–Crippen MR) is 103 cm³/mol. The molecule has 0 aliphatic carbocycles. The molecule has 2 N–H and O–H groups in total. The molecule has 3 aliphatic heterocycles. The summed E-state index contributed by atoms with van der Waals surface area (Å²) in [5, 5.41) is 20.9. The summed E-state index contributed by atoms with van der Waals surface area (Å²) in [7, 11) is 0. The Morgan fingerprint density at radius 2 is 2.11 bits per heavy atom. The van der Waals surface area contributed by atoms with E-state index in [0.29, 0.717) is 0 Å². The number of imidazole rings is 1. The third-order valence-electron chi connectivity index (χ3n) is 5.81. The van der Waals surface area contributed by atoms with E-state index in [0.717, 1.165) is 33.7 Å². The summed E-state index contributed by atoms with van der Waals surface area (Å²) in [6.07, 6.45) is -0.773. The predicted octanol–water partition coefficient (Wildman–Crippen LogP) is 1.86. The van der Waals surface area contributed by atoms with E-state index in [-0.39, 0.29) is 28.8 Å². The van der Waals surface area contributed by atoms with Crippen molar-refractivity contribution in [3.63, 3.8) is 0 Å². The highest BCUT2D eigenvalue weighted by atomic mass is 32.2. The maximum Gasteiger partial charge on any atom is 0.353 e. The number of carbonyl (C=O) groups excluding carboxylic acids is 1. The van der Waals surface area contributed by atoms with Gasteiger partial charge in [-0.3, -0.25) is 4.79 Å². The fourth-order valence-electron chi connectivity index (χ4n) is 4.30. The molecule has 0 radical (unpaired) electrons. The fourth-order valence-corrected chi connectivity index (χ4v) is 7.02. The van der Waals surface area contributed by atoms with Crippen LogP contribution < -0.4 is 0 Å². The summed E-state index contributed by atoms with van der Waals surface area (Å²) < 4.78 is 2.19. The third-order valence-corrected chi connectivity index (χ3v) is 8.63. The van der Waals surface area contributed by atoms with Crippen LogP contribution in [0.5, 0.6) is 0 Å². The number of β-lactam (4-membered cyclic amide) rings is 1. The molecule has 5 atom stereocenters. The number of carboxylic acid groups (broad SMARTS) is 1. The van der Waals surface area contributed by atoms with Gasteiger partial charge in [-0.2, -0.15) is 0 Å². The number of aliphatic hydroxyl groups excluding tert-OH is 1. The number of hydrogen-bond donors (Lipinski definition) is 2. The molecule has 0 saturated carbocycles. The minimum Gasteiger partial charge on any atom is -0.477 e. The Kier molecular flexibility index (Phi) is 4.59. The lowest BCUT2D eigenvalue weighted by Gasteiger charge is -2.46. The lowest BCUT2D eigenvalue weighted by Crippen LogP contribution is -2.63. The largest absolute Gasteiger partial charge is 0.477 e. The first-order valence-corrected chi connectivity index (χ1v) is 10.9. The minimum atomic E-state index is -1.07. The molecule has 4 heterocycles. The van der Waals surface area contributed by atoms with E-state index in [2.05, 4.69) is 16.5 Å². The number of fused-ring (bicyclic) bond motifs is 2. The SMILES string of the molecule is Cc1nc2n(c1C)CC(SC1=C(C(=O)O)N3C(=O)[C@H]([C@@H](C)O)[C@H]3[C@H]1C)CS2. The highest BCUT2D eigenvalue weighted by Gasteiger charge is 2.60. The number of hydrogen-bond acceptors (Lipinski definition) is 6. The van der Waals surface area contributed by atoms with Crippen LogP contribution in [0, 0.1) is 25.7 Å². The lowest BCUT2D eigenvalue weighted by atomic mass is 9.79. The molecule has 1 saturated heterocycles. The van der Waals surface area contributed by atoms with Crippen LogP contribution in [0.15, 0.2) is 15.8 Å². The highest BCUT2D eigenvalue weighted by Crippen LogP contribution is 2.52. The second-order valence-corrected chi connectivity index (χ2v) is 9.83.